The number of carbonyl (C=O) groups is 1. The maximum Gasteiger partial charge on any atom is 0.233 e. The molecule has 0 aliphatic heterocycles. The van der Waals surface area contributed by atoms with Gasteiger partial charge in [-0.25, -0.2) is 5.06 Å². The summed E-state index contributed by atoms with van der Waals surface area (Å²) >= 11 is 0. The summed E-state index contributed by atoms with van der Waals surface area (Å²) in [5, 5.41) is 27.7. The molecule has 3 atom stereocenters. The van der Waals surface area contributed by atoms with E-state index in [1.165, 1.54) is 6.66 Å². The highest BCUT2D eigenvalue weighted by molar-refractivity contribution is 7.57. The molecule has 0 spiro atoms. The van der Waals surface area contributed by atoms with Crippen molar-refractivity contribution in [2.24, 2.45) is 0 Å². The van der Waals surface area contributed by atoms with Crippen LogP contribution in [0.5, 0.6) is 0 Å². The molecule has 0 saturated carbocycles. The van der Waals surface area contributed by atoms with E-state index in [-0.39, 0.29) is 37.0 Å². The summed E-state index contributed by atoms with van der Waals surface area (Å²) in [4.78, 5) is 19.0. The largest absolute Gasteiger partial charge is 0.393 e. The molecule has 8 heteroatoms. The first-order chi connectivity index (χ1) is 7.24. The topological polar surface area (TPSA) is 118 Å². The van der Waals surface area contributed by atoms with Gasteiger partial charge in [0.15, 0.2) is 7.37 Å². The second-order valence-electron chi connectivity index (χ2n) is 3.83. The van der Waals surface area contributed by atoms with E-state index in [9.17, 15) is 19.6 Å². The zero-order chi connectivity index (χ0) is 12.8. The van der Waals surface area contributed by atoms with Crippen molar-refractivity contribution in [3.05, 3.63) is 0 Å². The molecule has 0 aliphatic carbocycles. The number of hydrogen-bond acceptors (Lipinski definition) is 5. The highest BCUT2D eigenvalue weighted by Crippen LogP contribution is 2.36. The first-order valence-corrected chi connectivity index (χ1v) is 7.10. The van der Waals surface area contributed by atoms with E-state index in [1.54, 1.807) is 0 Å². The molecule has 1 unspecified atom stereocenters. The lowest BCUT2D eigenvalue weighted by molar-refractivity contribution is -0.156. The lowest BCUT2D eigenvalue weighted by Gasteiger charge is -2.18. The van der Waals surface area contributed by atoms with E-state index in [0.29, 0.717) is 0 Å². The lowest BCUT2D eigenvalue weighted by Crippen LogP contribution is -2.31. The first kappa shape index (κ1) is 15.5. The number of carbonyl (C=O) groups excluding carboxylic acids is 1. The monoisotopic (exact) mass is 255 g/mol. The predicted octanol–water partition coefficient (Wildman–Crippen LogP) is -0.764. The van der Waals surface area contributed by atoms with Crippen LogP contribution in [0.2, 0.25) is 0 Å². The Morgan fingerprint density at radius 2 is 1.94 bits per heavy atom. The third-order valence-corrected chi connectivity index (χ3v) is 3.03. The molecule has 0 heterocycles. The Labute approximate surface area is 93.7 Å². The number of rotatable bonds is 8. The summed E-state index contributed by atoms with van der Waals surface area (Å²) < 4.78 is 10.9. The van der Waals surface area contributed by atoms with Gasteiger partial charge in [-0.05, 0) is 6.42 Å². The van der Waals surface area contributed by atoms with Gasteiger partial charge < -0.3 is 15.1 Å². The van der Waals surface area contributed by atoms with Crippen LogP contribution in [0.15, 0.2) is 0 Å². The SMILES string of the molecule is CP(=O)(O)CC[C@@H](O)C[C@@H](O)CN(O)C=O. The van der Waals surface area contributed by atoms with Crippen molar-refractivity contribution in [3.63, 3.8) is 0 Å². The molecule has 0 bridgehead atoms. The maximum absolute atomic E-state index is 10.9. The van der Waals surface area contributed by atoms with E-state index in [4.69, 9.17) is 10.1 Å². The minimum atomic E-state index is -3.15. The highest BCUT2D eigenvalue weighted by Gasteiger charge is 2.17. The second-order valence-corrected chi connectivity index (χ2v) is 6.38. The van der Waals surface area contributed by atoms with Crippen LogP contribution in [-0.4, -0.2) is 63.4 Å². The van der Waals surface area contributed by atoms with Gasteiger partial charge in [0.05, 0.1) is 18.8 Å². The van der Waals surface area contributed by atoms with E-state index < -0.39 is 19.6 Å². The molecule has 4 N–H and O–H groups in total. The summed E-state index contributed by atoms with van der Waals surface area (Å²) in [7, 11) is -3.15. The van der Waals surface area contributed by atoms with Crippen molar-refractivity contribution in [2.45, 2.75) is 25.0 Å². The minimum absolute atomic E-state index is 0.0304. The smallest absolute Gasteiger partial charge is 0.233 e. The molecule has 0 saturated heterocycles. The van der Waals surface area contributed by atoms with Crippen molar-refractivity contribution < 1.29 is 29.7 Å². The van der Waals surface area contributed by atoms with Gasteiger partial charge in [-0.15, -0.1) is 0 Å². The third kappa shape index (κ3) is 8.82. The molecule has 0 aromatic rings. The normalized spacial score (nSPS) is 18.6. The van der Waals surface area contributed by atoms with Gasteiger partial charge in [0.1, 0.15) is 0 Å². The van der Waals surface area contributed by atoms with Crippen LogP contribution in [0.25, 0.3) is 0 Å². The van der Waals surface area contributed by atoms with Crippen LogP contribution < -0.4 is 0 Å². The van der Waals surface area contributed by atoms with Crippen molar-refractivity contribution >= 4 is 13.8 Å². The van der Waals surface area contributed by atoms with Crippen LogP contribution in [0.4, 0.5) is 0 Å². The fraction of sp³-hybridized carbons (Fsp3) is 0.875. The molecule has 0 radical (unpaired) electrons. The number of hydrogen-bond donors (Lipinski definition) is 4. The second kappa shape index (κ2) is 6.98. The number of amides is 1. The molecule has 0 rings (SSSR count). The Bertz CT molecular complexity index is 255. The van der Waals surface area contributed by atoms with E-state index in [2.05, 4.69) is 0 Å². The minimum Gasteiger partial charge on any atom is -0.393 e. The highest BCUT2D eigenvalue weighted by atomic mass is 31.2. The fourth-order valence-corrected chi connectivity index (χ4v) is 1.93. The maximum atomic E-state index is 10.9. The zero-order valence-electron chi connectivity index (χ0n) is 9.06. The summed E-state index contributed by atoms with van der Waals surface area (Å²) in [5.74, 6) is 0. The number of hydroxylamine groups is 2. The average molecular weight is 255 g/mol. The predicted molar refractivity (Wildman–Crippen MR) is 56.4 cm³/mol. The van der Waals surface area contributed by atoms with Crippen LogP contribution >= 0.6 is 7.37 Å². The Morgan fingerprint density at radius 3 is 2.38 bits per heavy atom. The van der Waals surface area contributed by atoms with Gasteiger partial charge in [-0.1, -0.05) is 0 Å². The molecule has 1 amide bonds. The standard InChI is InChI=1S/C8H18NO6P/c1-16(14,15)3-2-7(11)4-8(12)5-9(13)6-10/h6-8,11-13H,2-5H2,1H3,(H,14,15)/t7-,8-/m1/s1. The summed E-state index contributed by atoms with van der Waals surface area (Å²) in [6.45, 7) is 0.890. The van der Waals surface area contributed by atoms with Gasteiger partial charge >= 0.3 is 0 Å². The molecule has 0 fully saturated rings. The quantitative estimate of drug-likeness (QED) is 0.196. The fourth-order valence-electron chi connectivity index (χ4n) is 1.15. The zero-order valence-corrected chi connectivity index (χ0v) is 9.95. The molecule has 0 aliphatic rings. The summed E-state index contributed by atoms with van der Waals surface area (Å²) in [6.07, 6.45) is -1.87. The number of nitrogens with zero attached hydrogens (tertiary/aromatic N) is 1. The summed E-state index contributed by atoms with van der Waals surface area (Å²) in [5.41, 5.74) is 0. The van der Waals surface area contributed by atoms with Crippen molar-refractivity contribution in [3.8, 4) is 0 Å². The first-order valence-electron chi connectivity index (χ1n) is 4.81. The van der Waals surface area contributed by atoms with Crippen LogP contribution in [0.3, 0.4) is 0 Å². The third-order valence-electron chi connectivity index (χ3n) is 1.94. The molecular weight excluding hydrogens is 237 g/mol. The molecular formula is C8H18NO6P. The van der Waals surface area contributed by atoms with E-state index in [0.717, 1.165) is 0 Å². The van der Waals surface area contributed by atoms with Crippen molar-refractivity contribution in [2.75, 3.05) is 19.4 Å². The summed E-state index contributed by atoms with van der Waals surface area (Å²) in [6, 6.07) is 0. The Balaban J connectivity index is 3.82. The Morgan fingerprint density at radius 1 is 1.38 bits per heavy atom. The number of aliphatic hydroxyl groups excluding tert-OH is 2. The molecule has 0 aromatic carbocycles. The van der Waals surface area contributed by atoms with Gasteiger partial charge in [-0.3, -0.25) is 14.6 Å². The lowest BCUT2D eigenvalue weighted by atomic mass is 10.1. The van der Waals surface area contributed by atoms with Gasteiger partial charge in [0.2, 0.25) is 6.41 Å². The van der Waals surface area contributed by atoms with E-state index >= 15 is 0 Å². The van der Waals surface area contributed by atoms with Crippen LogP contribution in [-0.2, 0) is 9.36 Å². The van der Waals surface area contributed by atoms with E-state index in [1.807, 2.05) is 0 Å². The van der Waals surface area contributed by atoms with Crippen LogP contribution in [0, 0.1) is 0 Å². The number of aliphatic hydroxyl groups is 2. The molecule has 0 aromatic heterocycles. The molecule has 96 valence electrons. The molecule has 16 heavy (non-hydrogen) atoms. The van der Waals surface area contributed by atoms with Gasteiger partial charge in [0, 0.05) is 19.2 Å². The van der Waals surface area contributed by atoms with Crippen molar-refractivity contribution in [1.29, 1.82) is 0 Å². The van der Waals surface area contributed by atoms with Gasteiger partial charge in [-0.2, -0.15) is 0 Å². The van der Waals surface area contributed by atoms with Crippen molar-refractivity contribution in [1.82, 2.24) is 5.06 Å². The Hall–Kier alpha value is -0.460. The van der Waals surface area contributed by atoms with Crippen LogP contribution in [0.1, 0.15) is 12.8 Å². The molecule has 7 nitrogen and oxygen atoms in total. The Kier molecular flexibility index (Phi) is 6.78. The van der Waals surface area contributed by atoms with Gasteiger partial charge in [0.25, 0.3) is 0 Å². The average Bonchev–Trinajstić information content (AvgIpc) is 2.13.